The summed E-state index contributed by atoms with van der Waals surface area (Å²) >= 11 is 4.38. The molecule has 0 amide bonds. The summed E-state index contributed by atoms with van der Waals surface area (Å²) in [6.45, 7) is 0. The Morgan fingerprint density at radius 1 is 1.54 bits per heavy atom. The maximum Gasteiger partial charge on any atom is 0.390 e. The average Bonchev–Trinajstić information content (AvgIpc) is 2.31. The van der Waals surface area contributed by atoms with Crippen molar-refractivity contribution in [3.8, 4) is 0 Å². The number of thiophene rings is 1. The molecule has 0 aromatic carbocycles. The van der Waals surface area contributed by atoms with E-state index in [1.54, 1.807) is 11.4 Å². The van der Waals surface area contributed by atoms with Gasteiger partial charge in [0.15, 0.2) is 0 Å². The first-order chi connectivity index (χ1) is 5.88. The molecule has 0 aliphatic carbocycles. The van der Waals surface area contributed by atoms with Crippen molar-refractivity contribution >= 4 is 27.3 Å². The van der Waals surface area contributed by atoms with Gasteiger partial charge in [0.05, 0.1) is 6.42 Å². The Hall–Kier alpha value is -0.0700. The molecule has 0 spiro atoms. The Morgan fingerprint density at radius 3 is 2.54 bits per heavy atom. The van der Waals surface area contributed by atoms with Crippen LogP contribution in [0.1, 0.15) is 17.3 Å². The Labute approximate surface area is 85.9 Å². The van der Waals surface area contributed by atoms with Crippen LogP contribution in [0.5, 0.6) is 0 Å². The lowest BCUT2D eigenvalue weighted by Crippen LogP contribution is -2.19. The normalized spacial score (nSPS) is 14.5. The van der Waals surface area contributed by atoms with Crippen LogP contribution in [0.2, 0.25) is 0 Å². The highest BCUT2D eigenvalue weighted by atomic mass is 79.9. The van der Waals surface area contributed by atoms with Crippen LogP contribution in [0, 0.1) is 0 Å². The van der Waals surface area contributed by atoms with Gasteiger partial charge in [-0.1, -0.05) is 0 Å². The molecule has 74 valence electrons. The molecule has 0 saturated carbocycles. The largest absolute Gasteiger partial charge is 0.390 e. The smallest absolute Gasteiger partial charge is 0.323 e. The number of nitrogens with two attached hydrogens (primary N) is 1. The van der Waals surface area contributed by atoms with E-state index in [-0.39, 0.29) is 0 Å². The topological polar surface area (TPSA) is 26.0 Å². The predicted molar refractivity (Wildman–Crippen MR) is 49.6 cm³/mol. The Bertz CT molecular complexity index is 284. The van der Waals surface area contributed by atoms with Crippen molar-refractivity contribution in [3.05, 3.63) is 20.8 Å². The molecule has 0 bridgehead atoms. The Kier molecular flexibility index (Phi) is 3.37. The fourth-order valence-electron chi connectivity index (χ4n) is 0.873. The lowest BCUT2D eigenvalue weighted by Gasteiger charge is -2.11. The maximum absolute atomic E-state index is 11.9. The van der Waals surface area contributed by atoms with Gasteiger partial charge in [-0.15, -0.1) is 11.3 Å². The number of rotatable bonds is 2. The molecule has 1 aromatic heterocycles. The zero-order valence-electron chi connectivity index (χ0n) is 6.44. The van der Waals surface area contributed by atoms with Crippen molar-refractivity contribution in [1.29, 1.82) is 0 Å². The predicted octanol–water partition coefficient (Wildman–Crippen LogP) is 3.46. The van der Waals surface area contributed by atoms with Crippen molar-refractivity contribution in [2.75, 3.05) is 0 Å². The summed E-state index contributed by atoms with van der Waals surface area (Å²) in [6, 6.07) is 0.664. The second-order valence-electron chi connectivity index (χ2n) is 2.59. The van der Waals surface area contributed by atoms with Crippen LogP contribution in [0.15, 0.2) is 15.9 Å². The first-order valence-electron chi connectivity index (χ1n) is 3.45. The fourth-order valence-corrected chi connectivity index (χ4v) is 2.32. The van der Waals surface area contributed by atoms with E-state index < -0.39 is 18.6 Å². The molecule has 0 aliphatic heterocycles. The first kappa shape index (κ1) is 11.0. The quantitative estimate of drug-likeness (QED) is 0.878. The third kappa shape index (κ3) is 3.66. The molecule has 0 radical (unpaired) electrons. The number of hydrogen-bond donors (Lipinski definition) is 1. The van der Waals surface area contributed by atoms with Gasteiger partial charge in [0.25, 0.3) is 0 Å². The van der Waals surface area contributed by atoms with Crippen LogP contribution in [-0.2, 0) is 0 Å². The molecule has 1 heterocycles. The van der Waals surface area contributed by atoms with Crippen molar-refractivity contribution in [2.24, 2.45) is 5.73 Å². The fraction of sp³-hybridized carbons (Fsp3) is 0.429. The van der Waals surface area contributed by atoms with Crippen LogP contribution < -0.4 is 5.73 Å². The van der Waals surface area contributed by atoms with E-state index in [0.29, 0.717) is 4.88 Å². The third-order valence-electron chi connectivity index (χ3n) is 1.40. The summed E-state index contributed by atoms with van der Waals surface area (Å²) in [7, 11) is 0. The zero-order chi connectivity index (χ0) is 10.1. The van der Waals surface area contributed by atoms with Gasteiger partial charge < -0.3 is 5.73 Å². The van der Waals surface area contributed by atoms with Gasteiger partial charge in [0.1, 0.15) is 0 Å². The molecule has 2 N–H and O–H groups in total. The van der Waals surface area contributed by atoms with E-state index in [9.17, 15) is 13.2 Å². The molecule has 0 saturated heterocycles. The molecular weight excluding hydrogens is 267 g/mol. The average molecular weight is 274 g/mol. The summed E-state index contributed by atoms with van der Waals surface area (Å²) in [4.78, 5) is 0.546. The van der Waals surface area contributed by atoms with Crippen molar-refractivity contribution in [1.82, 2.24) is 0 Å². The van der Waals surface area contributed by atoms with Gasteiger partial charge in [0, 0.05) is 20.8 Å². The summed E-state index contributed by atoms with van der Waals surface area (Å²) in [5, 5.41) is 1.71. The minimum atomic E-state index is -4.20. The summed E-state index contributed by atoms with van der Waals surface area (Å²) in [6.07, 6.45) is -5.17. The molecule has 0 unspecified atom stereocenters. The van der Waals surface area contributed by atoms with E-state index >= 15 is 0 Å². The standard InChI is InChI=1S/C7H7BrF3NS/c8-4-1-6(13-3-4)5(12)2-7(9,10)11/h1,3,5H,2,12H2/t5-/m0/s1. The van der Waals surface area contributed by atoms with E-state index in [2.05, 4.69) is 15.9 Å². The van der Waals surface area contributed by atoms with Crippen LogP contribution in [-0.4, -0.2) is 6.18 Å². The number of alkyl halides is 3. The number of hydrogen-bond acceptors (Lipinski definition) is 2. The van der Waals surface area contributed by atoms with Gasteiger partial charge in [-0.05, 0) is 22.0 Å². The lowest BCUT2D eigenvalue weighted by atomic mass is 10.2. The SMILES string of the molecule is N[C@@H](CC(F)(F)F)c1cc(Br)cs1. The van der Waals surface area contributed by atoms with Gasteiger partial charge >= 0.3 is 6.18 Å². The van der Waals surface area contributed by atoms with Gasteiger partial charge in [-0.3, -0.25) is 0 Å². The highest BCUT2D eigenvalue weighted by molar-refractivity contribution is 9.10. The van der Waals surface area contributed by atoms with Gasteiger partial charge in [-0.25, -0.2) is 0 Å². The monoisotopic (exact) mass is 273 g/mol. The third-order valence-corrected chi connectivity index (χ3v) is 3.23. The second-order valence-corrected chi connectivity index (χ2v) is 4.45. The zero-order valence-corrected chi connectivity index (χ0v) is 8.84. The summed E-state index contributed by atoms with van der Waals surface area (Å²) < 4.78 is 36.5. The molecule has 1 aromatic rings. The minimum absolute atomic E-state index is 0.546. The summed E-state index contributed by atoms with van der Waals surface area (Å²) in [5.41, 5.74) is 5.36. The van der Waals surface area contributed by atoms with Gasteiger partial charge in [-0.2, -0.15) is 13.2 Å². The molecule has 1 nitrogen and oxygen atoms in total. The highest BCUT2D eigenvalue weighted by Crippen LogP contribution is 2.32. The lowest BCUT2D eigenvalue weighted by molar-refractivity contribution is -0.138. The van der Waals surface area contributed by atoms with Crippen molar-refractivity contribution in [3.63, 3.8) is 0 Å². The van der Waals surface area contributed by atoms with Crippen LogP contribution in [0.4, 0.5) is 13.2 Å². The Balaban J connectivity index is 2.64. The number of halogens is 4. The van der Waals surface area contributed by atoms with Gasteiger partial charge in [0.2, 0.25) is 0 Å². The first-order valence-corrected chi connectivity index (χ1v) is 5.12. The van der Waals surface area contributed by atoms with E-state index in [1.807, 2.05) is 0 Å². The second kappa shape index (κ2) is 3.98. The molecule has 1 rings (SSSR count). The minimum Gasteiger partial charge on any atom is -0.323 e. The molecular formula is C7H7BrF3NS. The summed E-state index contributed by atoms with van der Waals surface area (Å²) in [5.74, 6) is 0. The highest BCUT2D eigenvalue weighted by Gasteiger charge is 2.31. The van der Waals surface area contributed by atoms with Crippen LogP contribution in [0.25, 0.3) is 0 Å². The molecule has 0 fully saturated rings. The van der Waals surface area contributed by atoms with Crippen LogP contribution >= 0.6 is 27.3 Å². The molecule has 13 heavy (non-hydrogen) atoms. The van der Waals surface area contributed by atoms with Crippen molar-refractivity contribution in [2.45, 2.75) is 18.6 Å². The van der Waals surface area contributed by atoms with E-state index in [0.717, 1.165) is 4.47 Å². The molecule has 0 aliphatic rings. The van der Waals surface area contributed by atoms with Crippen LogP contribution in [0.3, 0.4) is 0 Å². The molecule has 6 heteroatoms. The Morgan fingerprint density at radius 2 is 2.15 bits per heavy atom. The maximum atomic E-state index is 11.9. The van der Waals surface area contributed by atoms with Crippen molar-refractivity contribution < 1.29 is 13.2 Å². The van der Waals surface area contributed by atoms with E-state index in [1.165, 1.54) is 11.3 Å². The molecule has 1 atom stereocenters. The van der Waals surface area contributed by atoms with E-state index in [4.69, 9.17) is 5.73 Å².